The topological polar surface area (TPSA) is 47.4 Å². The summed E-state index contributed by atoms with van der Waals surface area (Å²) >= 11 is 0. The Morgan fingerprint density at radius 2 is 2.04 bits per heavy atom. The molecule has 1 aromatic carbocycles. The standard InChI is InChI=1S/C17H19F2N3O2/c1-3-24-17(23)16-12-10-22(8-7-15(12)21(2)20-16)9-11-13(18)5-4-6-14(11)19/h4-6H,3,7-10H2,1-2H3. The molecule has 0 radical (unpaired) electrons. The van der Waals surface area contributed by atoms with Gasteiger partial charge in [0.05, 0.1) is 6.61 Å². The normalized spacial score (nSPS) is 14.5. The quantitative estimate of drug-likeness (QED) is 0.805. The highest BCUT2D eigenvalue weighted by atomic mass is 19.1. The van der Waals surface area contributed by atoms with Gasteiger partial charge in [-0.1, -0.05) is 6.07 Å². The number of nitrogens with zero attached hydrogens (tertiary/aromatic N) is 3. The second-order valence-electron chi connectivity index (χ2n) is 5.78. The first-order valence-corrected chi connectivity index (χ1v) is 7.88. The maximum atomic E-state index is 13.9. The van der Waals surface area contributed by atoms with E-state index in [0.717, 1.165) is 11.3 Å². The molecular weight excluding hydrogens is 316 g/mol. The summed E-state index contributed by atoms with van der Waals surface area (Å²) in [7, 11) is 1.79. The molecule has 3 rings (SSSR count). The largest absolute Gasteiger partial charge is 0.461 e. The fourth-order valence-electron chi connectivity index (χ4n) is 3.05. The van der Waals surface area contributed by atoms with E-state index in [0.29, 0.717) is 19.5 Å². The lowest BCUT2D eigenvalue weighted by molar-refractivity contribution is 0.0515. The smallest absolute Gasteiger partial charge is 0.359 e. The van der Waals surface area contributed by atoms with Crippen LogP contribution < -0.4 is 0 Å². The summed E-state index contributed by atoms with van der Waals surface area (Å²) in [6, 6.07) is 3.85. The van der Waals surface area contributed by atoms with E-state index in [1.165, 1.54) is 18.2 Å². The molecule has 2 heterocycles. The first-order valence-electron chi connectivity index (χ1n) is 7.88. The molecule has 128 valence electrons. The van der Waals surface area contributed by atoms with E-state index in [2.05, 4.69) is 5.10 Å². The molecule has 0 N–H and O–H groups in total. The van der Waals surface area contributed by atoms with E-state index in [9.17, 15) is 13.6 Å². The first kappa shape index (κ1) is 16.6. The zero-order chi connectivity index (χ0) is 17.3. The van der Waals surface area contributed by atoms with Gasteiger partial charge in [-0.2, -0.15) is 5.10 Å². The SMILES string of the molecule is CCOC(=O)c1nn(C)c2c1CN(Cc1c(F)cccc1F)CC2. The molecule has 1 aliphatic rings. The van der Waals surface area contributed by atoms with Gasteiger partial charge in [0.2, 0.25) is 0 Å². The molecule has 0 bridgehead atoms. The Labute approximate surface area is 138 Å². The number of rotatable bonds is 4. The van der Waals surface area contributed by atoms with E-state index in [4.69, 9.17) is 4.74 Å². The van der Waals surface area contributed by atoms with Gasteiger partial charge < -0.3 is 4.74 Å². The number of fused-ring (bicyclic) bond motifs is 1. The summed E-state index contributed by atoms with van der Waals surface area (Å²) in [5, 5.41) is 4.25. The van der Waals surface area contributed by atoms with Crippen molar-refractivity contribution in [3.05, 3.63) is 52.3 Å². The molecule has 5 nitrogen and oxygen atoms in total. The predicted molar refractivity (Wildman–Crippen MR) is 83.3 cm³/mol. The number of hydrogen-bond acceptors (Lipinski definition) is 4. The van der Waals surface area contributed by atoms with Crippen LogP contribution >= 0.6 is 0 Å². The van der Waals surface area contributed by atoms with Crippen molar-refractivity contribution in [1.82, 2.24) is 14.7 Å². The minimum absolute atomic E-state index is 0.0440. The number of benzene rings is 1. The average molecular weight is 335 g/mol. The summed E-state index contributed by atoms with van der Waals surface area (Å²) in [5.74, 6) is -1.58. The van der Waals surface area contributed by atoms with Crippen molar-refractivity contribution >= 4 is 5.97 Å². The third-order valence-corrected chi connectivity index (χ3v) is 4.23. The summed E-state index contributed by atoms with van der Waals surface area (Å²) < 4.78 is 34.4. The van der Waals surface area contributed by atoms with Gasteiger partial charge in [0.15, 0.2) is 5.69 Å². The molecule has 1 aromatic heterocycles. The third kappa shape index (κ3) is 3.03. The van der Waals surface area contributed by atoms with Gasteiger partial charge in [-0.3, -0.25) is 9.58 Å². The highest BCUT2D eigenvalue weighted by Crippen LogP contribution is 2.25. The number of carbonyl (C=O) groups is 1. The second kappa shape index (κ2) is 6.68. The molecule has 1 aliphatic heterocycles. The molecule has 0 aliphatic carbocycles. The number of ether oxygens (including phenoxy) is 1. The highest BCUT2D eigenvalue weighted by molar-refractivity contribution is 5.89. The van der Waals surface area contributed by atoms with Gasteiger partial charge in [-0.25, -0.2) is 13.6 Å². The van der Waals surface area contributed by atoms with Crippen LogP contribution in [0.1, 0.15) is 34.2 Å². The van der Waals surface area contributed by atoms with E-state index >= 15 is 0 Å². The summed E-state index contributed by atoms with van der Waals surface area (Å²) in [4.78, 5) is 14.0. The van der Waals surface area contributed by atoms with Gasteiger partial charge in [0.25, 0.3) is 0 Å². The van der Waals surface area contributed by atoms with Crippen LogP contribution in [0.5, 0.6) is 0 Å². The molecule has 0 amide bonds. The lowest BCUT2D eigenvalue weighted by atomic mass is 10.0. The van der Waals surface area contributed by atoms with E-state index in [1.807, 2.05) is 4.90 Å². The van der Waals surface area contributed by atoms with Crippen LogP contribution in [-0.2, 0) is 31.3 Å². The zero-order valence-corrected chi connectivity index (χ0v) is 13.7. The molecule has 0 spiro atoms. The van der Waals surface area contributed by atoms with Gasteiger partial charge in [-0.05, 0) is 19.1 Å². The van der Waals surface area contributed by atoms with Crippen LogP contribution in [0, 0.1) is 11.6 Å². The maximum Gasteiger partial charge on any atom is 0.359 e. The number of halogens is 2. The molecular formula is C17H19F2N3O2. The van der Waals surface area contributed by atoms with Crippen molar-refractivity contribution < 1.29 is 18.3 Å². The minimum atomic E-state index is -0.558. The number of carbonyl (C=O) groups excluding carboxylic acids is 1. The molecule has 0 unspecified atom stereocenters. The summed E-state index contributed by atoms with van der Waals surface area (Å²) in [5.41, 5.74) is 2.07. The van der Waals surface area contributed by atoms with Crippen molar-refractivity contribution in [2.75, 3.05) is 13.2 Å². The predicted octanol–water partition coefficient (Wildman–Crippen LogP) is 2.43. The van der Waals surface area contributed by atoms with Crippen LogP contribution in [-0.4, -0.2) is 33.8 Å². The molecule has 24 heavy (non-hydrogen) atoms. The van der Waals surface area contributed by atoms with E-state index in [-0.39, 0.29) is 24.4 Å². The van der Waals surface area contributed by atoms with Crippen molar-refractivity contribution in [2.24, 2.45) is 7.05 Å². The summed E-state index contributed by atoms with van der Waals surface area (Å²) in [6.07, 6.45) is 0.661. The molecule has 2 aromatic rings. The molecule has 0 saturated carbocycles. The Balaban J connectivity index is 1.85. The van der Waals surface area contributed by atoms with Crippen LogP contribution in [0.15, 0.2) is 18.2 Å². The second-order valence-corrected chi connectivity index (χ2v) is 5.78. The Morgan fingerprint density at radius 3 is 2.71 bits per heavy atom. The van der Waals surface area contributed by atoms with Crippen LogP contribution in [0.4, 0.5) is 8.78 Å². The summed E-state index contributed by atoms with van der Waals surface area (Å²) in [6.45, 7) is 3.21. The van der Waals surface area contributed by atoms with Crippen molar-refractivity contribution in [2.45, 2.75) is 26.4 Å². The number of esters is 1. The van der Waals surface area contributed by atoms with E-state index in [1.54, 1.807) is 18.7 Å². The van der Waals surface area contributed by atoms with Crippen LogP contribution in [0.25, 0.3) is 0 Å². The van der Waals surface area contributed by atoms with Gasteiger partial charge in [0, 0.05) is 49.9 Å². The maximum absolute atomic E-state index is 13.9. The highest BCUT2D eigenvalue weighted by Gasteiger charge is 2.28. The molecule has 0 atom stereocenters. The van der Waals surface area contributed by atoms with E-state index < -0.39 is 17.6 Å². The van der Waals surface area contributed by atoms with Crippen molar-refractivity contribution in [3.63, 3.8) is 0 Å². The Bertz CT molecular complexity index is 753. The lowest BCUT2D eigenvalue weighted by Gasteiger charge is -2.27. The molecule has 7 heteroatoms. The number of aryl methyl sites for hydroxylation is 1. The van der Waals surface area contributed by atoms with Crippen molar-refractivity contribution in [1.29, 1.82) is 0 Å². The molecule has 0 fully saturated rings. The van der Waals surface area contributed by atoms with Gasteiger partial charge in [-0.15, -0.1) is 0 Å². The number of aromatic nitrogens is 2. The number of hydrogen-bond donors (Lipinski definition) is 0. The van der Waals surface area contributed by atoms with Crippen molar-refractivity contribution in [3.8, 4) is 0 Å². The fourth-order valence-corrected chi connectivity index (χ4v) is 3.05. The van der Waals surface area contributed by atoms with Crippen LogP contribution in [0.2, 0.25) is 0 Å². The Morgan fingerprint density at radius 1 is 1.33 bits per heavy atom. The average Bonchev–Trinajstić information content (AvgIpc) is 2.88. The van der Waals surface area contributed by atoms with Gasteiger partial charge in [0.1, 0.15) is 11.6 Å². The first-order chi connectivity index (χ1) is 11.5. The Kier molecular flexibility index (Phi) is 4.62. The Hall–Kier alpha value is -2.28. The monoisotopic (exact) mass is 335 g/mol. The fraction of sp³-hybridized carbons (Fsp3) is 0.412. The van der Waals surface area contributed by atoms with Crippen LogP contribution in [0.3, 0.4) is 0 Å². The minimum Gasteiger partial charge on any atom is -0.461 e. The molecule has 0 saturated heterocycles. The zero-order valence-electron chi connectivity index (χ0n) is 13.7. The van der Waals surface area contributed by atoms with Gasteiger partial charge >= 0.3 is 5.97 Å². The third-order valence-electron chi connectivity index (χ3n) is 4.23. The lowest BCUT2D eigenvalue weighted by Crippen LogP contribution is -2.31.